The summed E-state index contributed by atoms with van der Waals surface area (Å²) in [6.45, 7) is 3.03. The van der Waals surface area contributed by atoms with Crippen molar-refractivity contribution < 1.29 is 9.53 Å². The van der Waals surface area contributed by atoms with Gasteiger partial charge in [-0.3, -0.25) is 4.79 Å². The van der Waals surface area contributed by atoms with Crippen molar-refractivity contribution in [2.24, 2.45) is 0 Å². The third-order valence-electron chi connectivity index (χ3n) is 2.77. The second-order valence-electron chi connectivity index (χ2n) is 4.50. The SMILES string of the molecule is Cc1ncc(CNC(=O)CCCOc2ccccc2Br)s1. The second kappa shape index (κ2) is 8.14. The highest BCUT2D eigenvalue weighted by Crippen LogP contribution is 2.23. The summed E-state index contributed by atoms with van der Waals surface area (Å²) >= 11 is 5.02. The average Bonchev–Trinajstić information content (AvgIpc) is 2.89. The van der Waals surface area contributed by atoms with E-state index in [0.717, 1.165) is 20.1 Å². The quantitative estimate of drug-likeness (QED) is 0.758. The number of hydrogen-bond acceptors (Lipinski definition) is 4. The highest BCUT2D eigenvalue weighted by atomic mass is 79.9. The van der Waals surface area contributed by atoms with Crippen LogP contribution in [0.1, 0.15) is 22.7 Å². The van der Waals surface area contributed by atoms with Crippen molar-refractivity contribution in [2.75, 3.05) is 6.61 Å². The molecule has 0 unspecified atom stereocenters. The fourth-order valence-electron chi connectivity index (χ4n) is 1.74. The summed E-state index contributed by atoms with van der Waals surface area (Å²) in [7, 11) is 0. The molecule has 0 fully saturated rings. The Labute approximate surface area is 136 Å². The summed E-state index contributed by atoms with van der Waals surface area (Å²) in [6.07, 6.45) is 2.95. The number of aryl methyl sites for hydroxylation is 1. The Morgan fingerprint density at radius 1 is 1.43 bits per heavy atom. The molecule has 4 nitrogen and oxygen atoms in total. The molecule has 1 aromatic heterocycles. The molecule has 1 aromatic carbocycles. The van der Waals surface area contributed by atoms with E-state index < -0.39 is 0 Å². The van der Waals surface area contributed by atoms with E-state index in [9.17, 15) is 4.79 Å². The predicted molar refractivity (Wildman–Crippen MR) is 87.6 cm³/mol. The molecule has 2 rings (SSSR count). The summed E-state index contributed by atoms with van der Waals surface area (Å²) in [4.78, 5) is 16.9. The van der Waals surface area contributed by atoms with Crippen molar-refractivity contribution in [1.82, 2.24) is 10.3 Å². The first-order chi connectivity index (χ1) is 10.1. The number of aromatic nitrogens is 1. The van der Waals surface area contributed by atoms with Crippen LogP contribution >= 0.6 is 27.3 Å². The zero-order valence-electron chi connectivity index (χ0n) is 11.8. The first kappa shape index (κ1) is 16.0. The minimum atomic E-state index is 0.0387. The van der Waals surface area contributed by atoms with Crippen molar-refractivity contribution in [1.29, 1.82) is 0 Å². The van der Waals surface area contributed by atoms with Gasteiger partial charge >= 0.3 is 0 Å². The molecule has 0 aliphatic heterocycles. The minimum absolute atomic E-state index is 0.0387. The number of para-hydroxylation sites is 1. The smallest absolute Gasteiger partial charge is 0.220 e. The molecule has 0 spiro atoms. The first-order valence-corrected chi connectivity index (χ1v) is 8.31. The highest BCUT2D eigenvalue weighted by Gasteiger charge is 2.04. The van der Waals surface area contributed by atoms with Crippen LogP contribution in [-0.4, -0.2) is 17.5 Å². The Hall–Kier alpha value is -1.40. The van der Waals surface area contributed by atoms with Crippen LogP contribution in [0, 0.1) is 6.92 Å². The minimum Gasteiger partial charge on any atom is -0.492 e. The van der Waals surface area contributed by atoms with E-state index in [0.29, 0.717) is 26.0 Å². The molecule has 21 heavy (non-hydrogen) atoms. The molecule has 6 heteroatoms. The maximum Gasteiger partial charge on any atom is 0.220 e. The molecule has 1 amide bonds. The molecule has 0 aliphatic rings. The lowest BCUT2D eigenvalue weighted by Gasteiger charge is -2.08. The topological polar surface area (TPSA) is 51.2 Å². The number of nitrogens with one attached hydrogen (secondary N) is 1. The van der Waals surface area contributed by atoms with Gasteiger partial charge in [0.15, 0.2) is 0 Å². The van der Waals surface area contributed by atoms with Crippen LogP contribution < -0.4 is 10.1 Å². The summed E-state index contributed by atoms with van der Waals surface area (Å²) in [5.41, 5.74) is 0. The summed E-state index contributed by atoms with van der Waals surface area (Å²) in [6, 6.07) is 7.69. The van der Waals surface area contributed by atoms with Gasteiger partial charge in [0, 0.05) is 17.5 Å². The van der Waals surface area contributed by atoms with Crippen LogP contribution in [0.15, 0.2) is 34.9 Å². The summed E-state index contributed by atoms with van der Waals surface area (Å²) in [5.74, 6) is 0.842. The molecule has 1 N–H and O–H groups in total. The van der Waals surface area contributed by atoms with Crippen LogP contribution in [0.4, 0.5) is 0 Å². The van der Waals surface area contributed by atoms with Gasteiger partial charge in [0.2, 0.25) is 5.91 Å². The number of halogens is 1. The van der Waals surface area contributed by atoms with Crippen LogP contribution in [0.2, 0.25) is 0 Å². The number of ether oxygens (including phenoxy) is 1. The molecule has 0 radical (unpaired) electrons. The molecular formula is C15H17BrN2O2S. The van der Waals surface area contributed by atoms with Gasteiger partial charge in [0.1, 0.15) is 5.75 Å². The third kappa shape index (κ3) is 5.47. The van der Waals surface area contributed by atoms with Gasteiger partial charge in [0.25, 0.3) is 0 Å². The highest BCUT2D eigenvalue weighted by molar-refractivity contribution is 9.10. The van der Waals surface area contributed by atoms with Gasteiger partial charge < -0.3 is 10.1 Å². The largest absolute Gasteiger partial charge is 0.492 e. The number of rotatable bonds is 7. The fraction of sp³-hybridized carbons (Fsp3) is 0.333. The van der Waals surface area contributed by atoms with E-state index in [-0.39, 0.29) is 5.91 Å². The van der Waals surface area contributed by atoms with E-state index in [1.54, 1.807) is 17.5 Å². The maximum absolute atomic E-state index is 11.7. The van der Waals surface area contributed by atoms with E-state index in [1.807, 2.05) is 31.2 Å². The number of hydrogen-bond donors (Lipinski definition) is 1. The molecule has 0 saturated heterocycles. The lowest BCUT2D eigenvalue weighted by atomic mass is 10.3. The van der Waals surface area contributed by atoms with Gasteiger partial charge in [0.05, 0.1) is 22.6 Å². The van der Waals surface area contributed by atoms with Crippen molar-refractivity contribution in [3.05, 3.63) is 44.8 Å². The second-order valence-corrected chi connectivity index (χ2v) is 6.68. The molecule has 0 aliphatic carbocycles. The Kier molecular flexibility index (Phi) is 6.20. The molecule has 2 aromatic rings. The Morgan fingerprint density at radius 2 is 2.24 bits per heavy atom. The lowest BCUT2D eigenvalue weighted by Crippen LogP contribution is -2.22. The number of carbonyl (C=O) groups is 1. The zero-order valence-corrected chi connectivity index (χ0v) is 14.2. The van der Waals surface area contributed by atoms with E-state index in [2.05, 4.69) is 26.2 Å². The average molecular weight is 369 g/mol. The Morgan fingerprint density at radius 3 is 2.95 bits per heavy atom. The van der Waals surface area contributed by atoms with Gasteiger partial charge in [-0.15, -0.1) is 11.3 Å². The Bertz CT molecular complexity index is 601. The Balaban J connectivity index is 1.62. The van der Waals surface area contributed by atoms with Crippen LogP contribution in [0.3, 0.4) is 0 Å². The van der Waals surface area contributed by atoms with E-state index in [1.165, 1.54) is 0 Å². The van der Waals surface area contributed by atoms with Crippen LogP contribution in [0.5, 0.6) is 5.75 Å². The van der Waals surface area contributed by atoms with Gasteiger partial charge in [-0.05, 0) is 41.4 Å². The standard InChI is InChI=1S/C15H17BrN2O2S/c1-11-17-9-12(21-11)10-18-15(19)7-4-8-20-14-6-3-2-5-13(14)16/h2-3,5-6,9H,4,7-8,10H2,1H3,(H,18,19). The van der Waals surface area contributed by atoms with Crippen LogP contribution in [0.25, 0.3) is 0 Å². The molecule has 0 bridgehead atoms. The number of benzene rings is 1. The van der Waals surface area contributed by atoms with Crippen molar-refractivity contribution in [2.45, 2.75) is 26.3 Å². The van der Waals surface area contributed by atoms with Crippen molar-refractivity contribution >= 4 is 33.2 Å². The number of nitrogens with zero attached hydrogens (tertiary/aromatic N) is 1. The number of amides is 1. The normalized spacial score (nSPS) is 10.4. The van der Waals surface area contributed by atoms with E-state index >= 15 is 0 Å². The van der Waals surface area contributed by atoms with Gasteiger partial charge in [-0.25, -0.2) is 4.98 Å². The first-order valence-electron chi connectivity index (χ1n) is 6.70. The molecule has 1 heterocycles. The van der Waals surface area contributed by atoms with Gasteiger partial charge in [-0.1, -0.05) is 12.1 Å². The van der Waals surface area contributed by atoms with Gasteiger partial charge in [-0.2, -0.15) is 0 Å². The van der Waals surface area contributed by atoms with Crippen molar-refractivity contribution in [3.63, 3.8) is 0 Å². The molecule has 0 saturated carbocycles. The monoisotopic (exact) mass is 368 g/mol. The number of thiazole rings is 1. The lowest BCUT2D eigenvalue weighted by molar-refractivity contribution is -0.121. The molecule has 112 valence electrons. The molecular weight excluding hydrogens is 352 g/mol. The van der Waals surface area contributed by atoms with Crippen LogP contribution in [-0.2, 0) is 11.3 Å². The van der Waals surface area contributed by atoms with E-state index in [4.69, 9.17) is 4.74 Å². The fourth-order valence-corrected chi connectivity index (χ4v) is 2.87. The van der Waals surface area contributed by atoms with Crippen molar-refractivity contribution in [3.8, 4) is 5.75 Å². The maximum atomic E-state index is 11.7. The zero-order chi connectivity index (χ0) is 15.1. The molecule has 0 atom stereocenters. The third-order valence-corrected chi connectivity index (χ3v) is 4.34. The predicted octanol–water partition coefficient (Wildman–Crippen LogP) is 3.69. The number of carbonyl (C=O) groups excluding carboxylic acids is 1. The summed E-state index contributed by atoms with van der Waals surface area (Å²) in [5, 5.41) is 3.90. The summed E-state index contributed by atoms with van der Waals surface area (Å²) < 4.78 is 6.54.